The lowest BCUT2D eigenvalue weighted by Gasteiger charge is -2.13. The van der Waals surface area contributed by atoms with Gasteiger partial charge >= 0.3 is 0 Å². The molecule has 4 nitrogen and oxygen atoms in total. The van der Waals surface area contributed by atoms with Gasteiger partial charge in [0.2, 0.25) is 0 Å². The highest BCUT2D eigenvalue weighted by Crippen LogP contribution is 2.36. The van der Waals surface area contributed by atoms with Crippen molar-refractivity contribution in [1.82, 2.24) is 0 Å². The third-order valence-electron chi connectivity index (χ3n) is 4.32. The predicted octanol–water partition coefficient (Wildman–Crippen LogP) is 5.72. The molecule has 0 fully saturated rings. The van der Waals surface area contributed by atoms with Gasteiger partial charge in [0.15, 0.2) is 0 Å². The molecule has 6 heteroatoms. The number of nitrogens with one attached hydrogen (secondary N) is 1. The molecule has 1 amide bonds. The standard InChI is InChI=1S/C22H19ClFNO3/c1-13-4-6-14(7-5-13)15-8-9-16(18(24)10-15)22(26)25-19-11-17(23)20(27-2)12-21(19)28-3/h4-12H,1-3H3,(H,25,26). The maximum absolute atomic E-state index is 14.6. The smallest absolute Gasteiger partial charge is 0.258 e. The van der Waals surface area contributed by atoms with Gasteiger partial charge in [-0.25, -0.2) is 4.39 Å². The fraction of sp³-hybridized carbons (Fsp3) is 0.136. The van der Waals surface area contributed by atoms with Gasteiger partial charge in [0.25, 0.3) is 5.91 Å². The molecule has 0 aliphatic carbocycles. The van der Waals surface area contributed by atoms with Crippen molar-refractivity contribution >= 4 is 23.2 Å². The summed E-state index contributed by atoms with van der Waals surface area (Å²) in [5.74, 6) is -0.460. The Bertz CT molecular complexity index is 1020. The van der Waals surface area contributed by atoms with Crippen LogP contribution in [-0.4, -0.2) is 20.1 Å². The van der Waals surface area contributed by atoms with Crippen LogP contribution in [0.4, 0.5) is 10.1 Å². The molecule has 3 rings (SSSR count). The maximum Gasteiger partial charge on any atom is 0.258 e. The second kappa shape index (κ2) is 8.31. The van der Waals surface area contributed by atoms with Gasteiger partial charge < -0.3 is 14.8 Å². The van der Waals surface area contributed by atoms with Crippen molar-refractivity contribution in [2.75, 3.05) is 19.5 Å². The van der Waals surface area contributed by atoms with Crippen LogP contribution in [0.2, 0.25) is 5.02 Å². The van der Waals surface area contributed by atoms with Crippen LogP contribution in [-0.2, 0) is 0 Å². The van der Waals surface area contributed by atoms with E-state index in [0.29, 0.717) is 27.8 Å². The molecular weight excluding hydrogens is 381 g/mol. The minimum absolute atomic E-state index is 0.0788. The van der Waals surface area contributed by atoms with Crippen LogP contribution >= 0.6 is 11.6 Å². The van der Waals surface area contributed by atoms with Crippen LogP contribution < -0.4 is 14.8 Å². The third kappa shape index (κ3) is 4.10. The Morgan fingerprint density at radius 3 is 2.18 bits per heavy atom. The average Bonchev–Trinajstić information content (AvgIpc) is 2.68. The predicted molar refractivity (Wildman–Crippen MR) is 109 cm³/mol. The number of halogens is 2. The van der Waals surface area contributed by atoms with E-state index in [1.54, 1.807) is 12.1 Å². The van der Waals surface area contributed by atoms with E-state index >= 15 is 0 Å². The zero-order valence-corrected chi connectivity index (χ0v) is 16.4. The summed E-state index contributed by atoms with van der Waals surface area (Å²) in [6.45, 7) is 1.98. The number of ether oxygens (including phenoxy) is 2. The first-order chi connectivity index (χ1) is 13.4. The molecule has 28 heavy (non-hydrogen) atoms. The quantitative estimate of drug-likeness (QED) is 0.596. The molecule has 144 valence electrons. The molecule has 0 atom stereocenters. The molecule has 3 aromatic rings. The van der Waals surface area contributed by atoms with Crippen LogP contribution in [0, 0.1) is 12.7 Å². The highest BCUT2D eigenvalue weighted by molar-refractivity contribution is 6.32. The molecule has 0 spiro atoms. The largest absolute Gasteiger partial charge is 0.495 e. The number of anilines is 1. The number of benzene rings is 3. The van der Waals surface area contributed by atoms with Crippen molar-refractivity contribution in [2.24, 2.45) is 0 Å². The first kappa shape index (κ1) is 19.7. The molecule has 0 saturated heterocycles. The van der Waals surface area contributed by atoms with Gasteiger partial charge in [-0.15, -0.1) is 0 Å². The van der Waals surface area contributed by atoms with Crippen molar-refractivity contribution in [1.29, 1.82) is 0 Å². The number of hydrogen-bond donors (Lipinski definition) is 1. The molecule has 1 N–H and O–H groups in total. The molecule has 0 saturated carbocycles. The summed E-state index contributed by atoms with van der Waals surface area (Å²) in [7, 11) is 2.93. The summed E-state index contributed by atoms with van der Waals surface area (Å²) in [6, 6.07) is 15.3. The SMILES string of the molecule is COc1cc(OC)c(NC(=O)c2ccc(-c3ccc(C)cc3)cc2F)cc1Cl. The summed E-state index contributed by atoms with van der Waals surface area (Å²) < 4.78 is 25.0. The van der Waals surface area contributed by atoms with E-state index in [0.717, 1.165) is 11.1 Å². The summed E-state index contributed by atoms with van der Waals surface area (Å²) >= 11 is 6.11. The number of aryl methyl sites for hydroxylation is 1. The van der Waals surface area contributed by atoms with Crippen LogP contribution in [0.3, 0.4) is 0 Å². The lowest BCUT2D eigenvalue weighted by atomic mass is 10.0. The fourth-order valence-corrected chi connectivity index (χ4v) is 3.01. The maximum atomic E-state index is 14.6. The first-order valence-corrected chi connectivity index (χ1v) is 8.90. The van der Waals surface area contributed by atoms with Gasteiger partial charge in [0.05, 0.1) is 30.5 Å². The molecular formula is C22H19ClFNO3. The van der Waals surface area contributed by atoms with Gasteiger partial charge in [-0.3, -0.25) is 4.79 Å². The molecule has 0 heterocycles. The van der Waals surface area contributed by atoms with Gasteiger partial charge in [-0.05, 0) is 36.2 Å². The van der Waals surface area contributed by atoms with Crippen molar-refractivity contribution in [3.63, 3.8) is 0 Å². The highest BCUT2D eigenvalue weighted by atomic mass is 35.5. The summed E-state index contributed by atoms with van der Waals surface area (Å²) in [5.41, 5.74) is 2.93. The lowest BCUT2D eigenvalue weighted by Crippen LogP contribution is -2.14. The van der Waals surface area contributed by atoms with Crippen LogP contribution in [0.15, 0.2) is 54.6 Å². The van der Waals surface area contributed by atoms with Crippen LogP contribution in [0.1, 0.15) is 15.9 Å². The van der Waals surface area contributed by atoms with Crippen LogP contribution in [0.25, 0.3) is 11.1 Å². The zero-order valence-electron chi connectivity index (χ0n) is 15.7. The number of rotatable bonds is 5. The average molecular weight is 400 g/mol. The van der Waals surface area contributed by atoms with Gasteiger partial charge in [0, 0.05) is 6.07 Å². The fourth-order valence-electron chi connectivity index (χ4n) is 2.77. The van der Waals surface area contributed by atoms with E-state index in [1.807, 2.05) is 31.2 Å². The van der Waals surface area contributed by atoms with Crippen molar-refractivity contribution in [2.45, 2.75) is 6.92 Å². The zero-order chi connectivity index (χ0) is 20.3. The topological polar surface area (TPSA) is 47.6 Å². The van der Waals surface area contributed by atoms with Gasteiger partial charge in [-0.1, -0.05) is 47.5 Å². The van der Waals surface area contributed by atoms with E-state index in [4.69, 9.17) is 21.1 Å². The number of hydrogen-bond acceptors (Lipinski definition) is 3. The Morgan fingerprint density at radius 2 is 1.57 bits per heavy atom. The third-order valence-corrected chi connectivity index (χ3v) is 4.62. The normalized spacial score (nSPS) is 10.5. The summed E-state index contributed by atoms with van der Waals surface area (Å²) in [5, 5.41) is 2.93. The van der Waals surface area contributed by atoms with E-state index in [-0.39, 0.29) is 5.56 Å². The first-order valence-electron chi connectivity index (χ1n) is 8.52. The minimum Gasteiger partial charge on any atom is -0.495 e. The summed E-state index contributed by atoms with van der Waals surface area (Å²) in [6.07, 6.45) is 0. The molecule has 0 aromatic heterocycles. The number of carbonyl (C=O) groups excluding carboxylic acids is 1. The second-order valence-electron chi connectivity index (χ2n) is 6.20. The van der Waals surface area contributed by atoms with Crippen molar-refractivity contribution < 1.29 is 18.7 Å². The number of methoxy groups -OCH3 is 2. The molecule has 0 bridgehead atoms. The Kier molecular flexibility index (Phi) is 5.85. The summed E-state index contributed by atoms with van der Waals surface area (Å²) in [4.78, 5) is 12.6. The van der Waals surface area contributed by atoms with Crippen molar-refractivity contribution in [3.05, 3.63) is 76.6 Å². The molecule has 3 aromatic carbocycles. The highest BCUT2D eigenvalue weighted by Gasteiger charge is 2.17. The molecule has 0 aliphatic heterocycles. The Hall–Kier alpha value is -3.05. The van der Waals surface area contributed by atoms with Gasteiger partial charge in [-0.2, -0.15) is 0 Å². The number of carbonyl (C=O) groups is 1. The van der Waals surface area contributed by atoms with Gasteiger partial charge in [0.1, 0.15) is 17.3 Å². The second-order valence-corrected chi connectivity index (χ2v) is 6.61. The monoisotopic (exact) mass is 399 g/mol. The Morgan fingerprint density at radius 1 is 0.929 bits per heavy atom. The van der Waals surface area contributed by atoms with E-state index < -0.39 is 11.7 Å². The molecule has 0 aliphatic rings. The molecule has 0 radical (unpaired) electrons. The van der Waals surface area contributed by atoms with E-state index in [9.17, 15) is 9.18 Å². The Labute approximate surface area is 167 Å². The van der Waals surface area contributed by atoms with E-state index in [2.05, 4.69) is 5.32 Å². The van der Waals surface area contributed by atoms with Crippen LogP contribution in [0.5, 0.6) is 11.5 Å². The molecule has 0 unspecified atom stereocenters. The number of amides is 1. The Balaban J connectivity index is 1.87. The lowest BCUT2D eigenvalue weighted by molar-refractivity contribution is 0.102. The van der Waals surface area contributed by atoms with E-state index in [1.165, 1.54) is 32.4 Å². The minimum atomic E-state index is -0.617. The van der Waals surface area contributed by atoms with Crippen molar-refractivity contribution in [3.8, 4) is 22.6 Å².